The molecule has 2 heterocycles. The molecule has 1 N–H and O–H groups in total. The van der Waals surface area contributed by atoms with Crippen molar-refractivity contribution in [1.29, 1.82) is 0 Å². The summed E-state index contributed by atoms with van der Waals surface area (Å²) in [7, 11) is 2.15. The van der Waals surface area contributed by atoms with Crippen LogP contribution in [0.5, 0.6) is 0 Å². The van der Waals surface area contributed by atoms with Crippen LogP contribution < -0.4 is 5.32 Å². The molecule has 2 rings (SSSR count). The van der Waals surface area contributed by atoms with E-state index in [1.54, 1.807) is 0 Å². The molecule has 0 aromatic carbocycles. The molecule has 0 bridgehead atoms. The Labute approximate surface area is 116 Å². The molecule has 0 amide bonds. The third-order valence-corrected chi connectivity index (χ3v) is 3.37. The first kappa shape index (κ1) is 14.3. The SMILES string of the molecule is CCCNc1cc(CN(C)CC2CCCO2)ccn1. The summed E-state index contributed by atoms with van der Waals surface area (Å²) >= 11 is 0. The van der Waals surface area contributed by atoms with Crippen molar-refractivity contribution in [3.8, 4) is 0 Å². The van der Waals surface area contributed by atoms with Crippen LogP contribution in [-0.4, -0.2) is 42.7 Å². The largest absolute Gasteiger partial charge is 0.377 e. The first-order valence-corrected chi connectivity index (χ1v) is 7.27. The Hall–Kier alpha value is -1.13. The van der Waals surface area contributed by atoms with Crippen molar-refractivity contribution in [1.82, 2.24) is 9.88 Å². The van der Waals surface area contributed by atoms with Gasteiger partial charge >= 0.3 is 0 Å². The lowest BCUT2D eigenvalue weighted by molar-refractivity contribution is 0.0793. The van der Waals surface area contributed by atoms with Crippen LogP contribution in [0, 0.1) is 0 Å². The number of aromatic nitrogens is 1. The van der Waals surface area contributed by atoms with Crippen molar-refractivity contribution in [2.24, 2.45) is 0 Å². The van der Waals surface area contributed by atoms with E-state index in [0.717, 1.165) is 38.5 Å². The Morgan fingerprint density at radius 3 is 3.16 bits per heavy atom. The zero-order valence-electron chi connectivity index (χ0n) is 12.1. The Kier molecular flexibility index (Phi) is 5.61. The summed E-state index contributed by atoms with van der Waals surface area (Å²) in [6.45, 7) is 6.02. The Balaban J connectivity index is 1.83. The highest BCUT2D eigenvalue weighted by Crippen LogP contribution is 2.14. The van der Waals surface area contributed by atoms with E-state index in [0.29, 0.717) is 6.10 Å². The highest BCUT2D eigenvalue weighted by Gasteiger charge is 2.17. The molecule has 1 fully saturated rings. The van der Waals surface area contributed by atoms with Crippen molar-refractivity contribution < 1.29 is 4.74 Å². The van der Waals surface area contributed by atoms with Crippen LogP contribution >= 0.6 is 0 Å². The zero-order chi connectivity index (χ0) is 13.5. The van der Waals surface area contributed by atoms with Gasteiger partial charge in [0.15, 0.2) is 0 Å². The van der Waals surface area contributed by atoms with Crippen LogP contribution in [0.2, 0.25) is 0 Å². The van der Waals surface area contributed by atoms with Gasteiger partial charge < -0.3 is 10.1 Å². The molecule has 0 spiro atoms. The number of likely N-dealkylation sites (N-methyl/N-ethyl adjacent to an activating group) is 1. The van der Waals surface area contributed by atoms with Crippen molar-refractivity contribution in [3.05, 3.63) is 23.9 Å². The molecule has 1 aliphatic heterocycles. The minimum absolute atomic E-state index is 0.421. The molecule has 1 aliphatic rings. The smallest absolute Gasteiger partial charge is 0.126 e. The molecule has 0 saturated carbocycles. The van der Waals surface area contributed by atoms with Crippen LogP contribution in [0.15, 0.2) is 18.3 Å². The number of pyridine rings is 1. The molecule has 1 atom stereocenters. The van der Waals surface area contributed by atoms with Crippen LogP contribution in [-0.2, 0) is 11.3 Å². The van der Waals surface area contributed by atoms with Crippen molar-refractivity contribution in [2.45, 2.75) is 38.8 Å². The molecule has 0 aliphatic carbocycles. The van der Waals surface area contributed by atoms with Crippen LogP contribution in [0.4, 0.5) is 5.82 Å². The minimum Gasteiger partial charge on any atom is -0.377 e. The van der Waals surface area contributed by atoms with E-state index in [2.05, 4.69) is 41.3 Å². The number of ether oxygens (including phenoxy) is 1. The second-order valence-corrected chi connectivity index (χ2v) is 5.31. The van der Waals surface area contributed by atoms with Gasteiger partial charge in [-0.1, -0.05) is 6.92 Å². The molecule has 19 heavy (non-hydrogen) atoms. The van der Waals surface area contributed by atoms with Crippen LogP contribution in [0.25, 0.3) is 0 Å². The van der Waals surface area contributed by atoms with E-state index in [9.17, 15) is 0 Å². The van der Waals surface area contributed by atoms with Gasteiger partial charge in [-0.25, -0.2) is 4.98 Å². The summed E-state index contributed by atoms with van der Waals surface area (Å²) in [4.78, 5) is 6.66. The second kappa shape index (κ2) is 7.46. The van der Waals surface area contributed by atoms with Gasteiger partial charge in [0.1, 0.15) is 5.82 Å². The molecular formula is C15H25N3O. The lowest BCUT2D eigenvalue weighted by Gasteiger charge is -2.20. The normalized spacial score (nSPS) is 19.0. The average molecular weight is 263 g/mol. The fourth-order valence-electron chi connectivity index (χ4n) is 2.43. The highest BCUT2D eigenvalue weighted by molar-refractivity contribution is 5.37. The van der Waals surface area contributed by atoms with Crippen molar-refractivity contribution in [2.75, 3.05) is 32.1 Å². The summed E-state index contributed by atoms with van der Waals surface area (Å²) in [5.41, 5.74) is 1.30. The molecular weight excluding hydrogens is 238 g/mol. The number of nitrogens with zero attached hydrogens (tertiary/aromatic N) is 2. The van der Waals surface area contributed by atoms with E-state index < -0.39 is 0 Å². The monoisotopic (exact) mass is 263 g/mol. The van der Waals surface area contributed by atoms with Gasteiger partial charge in [-0.05, 0) is 44.0 Å². The topological polar surface area (TPSA) is 37.4 Å². The van der Waals surface area contributed by atoms with Gasteiger partial charge in [0, 0.05) is 32.4 Å². The van der Waals surface area contributed by atoms with Gasteiger partial charge in [0.05, 0.1) is 6.10 Å². The summed E-state index contributed by atoms with van der Waals surface area (Å²) in [6.07, 6.45) is 5.82. The van der Waals surface area contributed by atoms with Crippen molar-refractivity contribution >= 4 is 5.82 Å². The number of hydrogen-bond donors (Lipinski definition) is 1. The predicted octanol–water partition coefficient (Wildman–Crippen LogP) is 2.51. The summed E-state index contributed by atoms with van der Waals surface area (Å²) in [5, 5.41) is 3.33. The summed E-state index contributed by atoms with van der Waals surface area (Å²) < 4.78 is 5.67. The van der Waals surface area contributed by atoms with Gasteiger partial charge in [-0.2, -0.15) is 0 Å². The molecule has 4 nitrogen and oxygen atoms in total. The molecule has 1 aromatic rings. The third-order valence-electron chi connectivity index (χ3n) is 3.37. The average Bonchev–Trinajstić information content (AvgIpc) is 2.89. The van der Waals surface area contributed by atoms with E-state index in [-0.39, 0.29) is 0 Å². The maximum Gasteiger partial charge on any atom is 0.126 e. The molecule has 1 saturated heterocycles. The number of hydrogen-bond acceptors (Lipinski definition) is 4. The Morgan fingerprint density at radius 2 is 2.42 bits per heavy atom. The highest BCUT2D eigenvalue weighted by atomic mass is 16.5. The van der Waals surface area contributed by atoms with Gasteiger partial charge in [0.25, 0.3) is 0 Å². The predicted molar refractivity (Wildman–Crippen MR) is 78.3 cm³/mol. The van der Waals surface area contributed by atoms with Gasteiger partial charge in [0.2, 0.25) is 0 Å². The van der Waals surface area contributed by atoms with E-state index in [4.69, 9.17) is 4.74 Å². The van der Waals surface area contributed by atoms with Crippen LogP contribution in [0.1, 0.15) is 31.7 Å². The van der Waals surface area contributed by atoms with E-state index in [1.165, 1.54) is 18.4 Å². The quantitative estimate of drug-likeness (QED) is 0.820. The number of rotatable bonds is 7. The summed E-state index contributed by atoms with van der Waals surface area (Å²) in [6, 6.07) is 4.23. The van der Waals surface area contributed by atoms with Gasteiger partial charge in [-0.3, -0.25) is 4.90 Å². The number of anilines is 1. The Bertz CT molecular complexity index is 377. The zero-order valence-corrected chi connectivity index (χ0v) is 12.1. The first-order chi connectivity index (χ1) is 9.28. The fraction of sp³-hybridized carbons (Fsp3) is 0.667. The first-order valence-electron chi connectivity index (χ1n) is 7.27. The minimum atomic E-state index is 0.421. The molecule has 1 aromatic heterocycles. The maximum absolute atomic E-state index is 5.67. The lowest BCUT2D eigenvalue weighted by atomic mass is 10.2. The van der Waals surface area contributed by atoms with Gasteiger partial charge in [-0.15, -0.1) is 0 Å². The second-order valence-electron chi connectivity index (χ2n) is 5.31. The number of nitrogens with one attached hydrogen (secondary N) is 1. The fourth-order valence-corrected chi connectivity index (χ4v) is 2.43. The Morgan fingerprint density at radius 1 is 1.53 bits per heavy atom. The standard InChI is InChI=1S/C15H25N3O/c1-3-7-16-15-10-13(6-8-17-15)11-18(2)12-14-5-4-9-19-14/h6,8,10,14H,3-5,7,9,11-12H2,1-2H3,(H,16,17). The van der Waals surface area contributed by atoms with Crippen LogP contribution in [0.3, 0.4) is 0 Å². The van der Waals surface area contributed by atoms with E-state index in [1.807, 2.05) is 6.20 Å². The third kappa shape index (κ3) is 4.80. The molecule has 1 unspecified atom stereocenters. The molecule has 0 radical (unpaired) electrons. The summed E-state index contributed by atoms with van der Waals surface area (Å²) in [5.74, 6) is 0.977. The maximum atomic E-state index is 5.67. The van der Waals surface area contributed by atoms with E-state index >= 15 is 0 Å². The molecule has 106 valence electrons. The van der Waals surface area contributed by atoms with Crippen molar-refractivity contribution in [3.63, 3.8) is 0 Å². The molecule has 4 heteroatoms. The lowest BCUT2D eigenvalue weighted by Crippen LogP contribution is -2.28.